The fourth-order valence-electron chi connectivity index (χ4n) is 3.43. The molecule has 0 bridgehead atoms. The van der Waals surface area contributed by atoms with Gasteiger partial charge in [-0.2, -0.15) is 0 Å². The lowest BCUT2D eigenvalue weighted by atomic mass is 10.1. The standard InChI is InChI=1S/C20H21N5O2/c1-23-14-17(16-6-2-3-7-18(16)23)19(26)24-9-11-25(12-10-24)20(27)22-15-5-4-8-21-13-15/h2-8,13-14H,9-12H2,1H3,(H,22,27). The van der Waals surface area contributed by atoms with Gasteiger partial charge in [-0.1, -0.05) is 18.2 Å². The molecule has 1 fully saturated rings. The first-order valence-corrected chi connectivity index (χ1v) is 8.93. The van der Waals surface area contributed by atoms with Crippen LogP contribution in [0.25, 0.3) is 10.9 Å². The topological polar surface area (TPSA) is 70.5 Å². The zero-order valence-electron chi connectivity index (χ0n) is 15.1. The number of hydrogen-bond donors (Lipinski definition) is 1. The minimum absolute atomic E-state index is 0.0131. The third kappa shape index (κ3) is 3.36. The van der Waals surface area contributed by atoms with E-state index >= 15 is 0 Å². The number of nitrogens with one attached hydrogen (secondary N) is 1. The minimum atomic E-state index is -0.166. The van der Waals surface area contributed by atoms with Crippen molar-refractivity contribution < 1.29 is 9.59 Å². The van der Waals surface area contributed by atoms with E-state index in [0.717, 1.165) is 10.9 Å². The lowest BCUT2D eigenvalue weighted by molar-refractivity contribution is 0.0673. The Morgan fingerprint density at radius 3 is 2.48 bits per heavy atom. The Balaban J connectivity index is 1.41. The van der Waals surface area contributed by atoms with Crippen molar-refractivity contribution in [1.29, 1.82) is 0 Å². The predicted molar refractivity (Wildman–Crippen MR) is 104 cm³/mol. The van der Waals surface area contributed by atoms with Gasteiger partial charge in [-0.05, 0) is 18.2 Å². The first-order chi connectivity index (χ1) is 13.1. The number of rotatable bonds is 2. The lowest BCUT2D eigenvalue weighted by Gasteiger charge is -2.34. The van der Waals surface area contributed by atoms with Gasteiger partial charge in [-0.25, -0.2) is 4.79 Å². The number of carbonyl (C=O) groups is 2. The molecule has 1 aliphatic rings. The number of hydrogen-bond acceptors (Lipinski definition) is 3. The van der Waals surface area contributed by atoms with Crippen LogP contribution in [0.5, 0.6) is 0 Å². The van der Waals surface area contributed by atoms with E-state index < -0.39 is 0 Å². The molecule has 2 aromatic heterocycles. The molecule has 3 heterocycles. The molecule has 1 aromatic carbocycles. The zero-order chi connectivity index (χ0) is 18.8. The summed E-state index contributed by atoms with van der Waals surface area (Å²) in [6.45, 7) is 2.04. The maximum absolute atomic E-state index is 13.0. The van der Waals surface area contributed by atoms with Crippen LogP contribution >= 0.6 is 0 Å². The molecule has 3 amide bonds. The SMILES string of the molecule is Cn1cc(C(=O)N2CCN(C(=O)Nc3cccnc3)CC2)c2ccccc21. The van der Waals surface area contributed by atoms with Crippen molar-refractivity contribution in [2.75, 3.05) is 31.5 Å². The molecular weight excluding hydrogens is 342 g/mol. The quantitative estimate of drug-likeness (QED) is 0.761. The maximum atomic E-state index is 13.0. The summed E-state index contributed by atoms with van der Waals surface area (Å²) < 4.78 is 1.97. The lowest BCUT2D eigenvalue weighted by Crippen LogP contribution is -2.51. The number of piperazine rings is 1. The monoisotopic (exact) mass is 363 g/mol. The second-order valence-electron chi connectivity index (χ2n) is 6.62. The van der Waals surface area contributed by atoms with Crippen molar-refractivity contribution >= 4 is 28.5 Å². The second kappa shape index (κ2) is 7.11. The van der Waals surface area contributed by atoms with Crippen LogP contribution in [0.4, 0.5) is 10.5 Å². The van der Waals surface area contributed by atoms with Gasteiger partial charge in [-0.15, -0.1) is 0 Å². The van der Waals surface area contributed by atoms with E-state index in [0.29, 0.717) is 37.4 Å². The van der Waals surface area contributed by atoms with Gasteiger partial charge in [0.2, 0.25) is 0 Å². The zero-order valence-corrected chi connectivity index (χ0v) is 15.1. The summed E-state index contributed by atoms with van der Waals surface area (Å²) in [4.78, 5) is 32.9. The number of nitrogens with zero attached hydrogens (tertiary/aromatic N) is 4. The van der Waals surface area contributed by atoms with Crippen molar-refractivity contribution in [2.45, 2.75) is 0 Å². The van der Waals surface area contributed by atoms with Crippen LogP contribution in [0.15, 0.2) is 55.0 Å². The highest BCUT2D eigenvalue weighted by molar-refractivity contribution is 6.07. The van der Waals surface area contributed by atoms with Crippen LogP contribution in [0.2, 0.25) is 0 Å². The molecule has 0 spiro atoms. The average molecular weight is 363 g/mol. The number of aryl methyl sites for hydroxylation is 1. The van der Waals surface area contributed by atoms with Crippen molar-refractivity contribution in [3.63, 3.8) is 0 Å². The molecule has 4 rings (SSSR count). The average Bonchev–Trinajstić information content (AvgIpc) is 3.05. The number of urea groups is 1. The number of amides is 3. The van der Waals surface area contributed by atoms with E-state index in [1.54, 1.807) is 29.4 Å². The molecule has 138 valence electrons. The summed E-state index contributed by atoms with van der Waals surface area (Å²) in [6.07, 6.45) is 5.15. The van der Waals surface area contributed by atoms with E-state index in [1.165, 1.54) is 0 Å². The van der Waals surface area contributed by atoms with Gasteiger partial charge < -0.3 is 19.7 Å². The Kier molecular flexibility index (Phi) is 4.50. The minimum Gasteiger partial charge on any atom is -0.350 e. The summed E-state index contributed by atoms with van der Waals surface area (Å²) >= 11 is 0. The Morgan fingerprint density at radius 1 is 1.00 bits per heavy atom. The van der Waals surface area contributed by atoms with Gasteiger partial charge in [-0.3, -0.25) is 9.78 Å². The number of fused-ring (bicyclic) bond motifs is 1. The molecular formula is C20H21N5O2. The molecule has 27 heavy (non-hydrogen) atoms. The molecule has 7 heteroatoms. The van der Waals surface area contributed by atoms with Crippen LogP contribution < -0.4 is 5.32 Å². The second-order valence-corrected chi connectivity index (χ2v) is 6.62. The van der Waals surface area contributed by atoms with Gasteiger partial charge in [0, 0.05) is 56.5 Å². The van der Waals surface area contributed by atoms with E-state index in [-0.39, 0.29) is 11.9 Å². The molecule has 0 atom stereocenters. The number of aromatic nitrogens is 2. The maximum Gasteiger partial charge on any atom is 0.322 e. The molecule has 7 nitrogen and oxygen atoms in total. The Bertz CT molecular complexity index is 974. The Labute approximate surface area is 157 Å². The van der Waals surface area contributed by atoms with Crippen LogP contribution in [0.1, 0.15) is 10.4 Å². The van der Waals surface area contributed by atoms with Gasteiger partial charge in [0.1, 0.15) is 0 Å². The summed E-state index contributed by atoms with van der Waals surface area (Å²) in [6, 6.07) is 11.3. The van der Waals surface area contributed by atoms with E-state index in [9.17, 15) is 9.59 Å². The molecule has 0 radical (unpaired) electrons. The third-order valence-corrected chi connectivity index (χ3v) is 4.89. The van der Waals surface area contributed by atoms with Crippen molar-refractivity contribution in [3.05, 3.63) is 60.6 Å². The van der Waals surface area contributed by atoms with E-state index in [2.05, 4.69) is 10.3 Å². The highest BCUT2D eigenvalue weighted by Crippen LogP contribution is 2.22. The predicted octanol–water partition coefficient (Wildman–Crippen LogP) is 2.56. The number of para-hydroxylation sites is 1. The fourth-order valence-corrected chi connectivity index (χ4v) is 3.43. The van der Waals surface area contributed by atoms with Crippen molar-refractivity contribution in [2.24, 2.45) is 7.05 Å². The van der Waals surface area contributed by atoms with Crippen LogP contribution in [-0.2, 0) is 7.05 Å². The van der Waals surface area contributed by atoms with Crippen molar-refractivity contribution in [3.8, 4) is 0 Å². The van der Waals surface area contributed by atoms with Gasteiger partial charge in [0.15, 0.2) is 0 Å². The summed E-state index contributed by atoms with van der Waals surface area (Å²) in [7, 11) is 1.94. The van der Waals surface area contributed by atoms with Crippen molar-refractivity contribution in [1.82, 2.24) is 19.4 Å². The molecule has 0 saturated carbocycles. The first kappa shape index (κ1) is 17.1. The number of pyridine rings is 1. The highest BCUT2D eigenvalue weighted by Gasteiger charge is 2.26. The summed E-state index contributed by atoms with van der Waals surface area (Å²) in [5.41, 5.74) is 2.41. The van der Waals surface area contributed by atoms with E-state index in [4.69, 9.17) is 0 Å². The fraction of sp³-hybridized carbons (Fsp3) is 0.250. The smallest absolute Gasteiger partial charge is 0.322 e. The van der Waals surface area contributed by atoms with Crippen LogP contribution in [0.3, 0.4) is 0 Å². The van der Waals surface area contributed by atoms with Gasteiger partial charge in [0.25, 0.3) is 5.91 Å². The Morgan fingerprint density at radius 2 is 1.74 bits per heavy atom. The first-order valence-electron chi connectivity index (χ1n) is 8.93. The molecule has 0 unspecified atom stereocenters. The Hall–Kier alpha value is -3.35. The normalized spacial score (nSPS) is 14.4. The van der Waals surface area contributed by atoms with Gasteiger partial charge in [0.05, 0.1) is 17.4 Å². The molecule has 1 aliphatic heterocycles. The van der Waals surface area contributed by atoms with Crippen LogP contribution in [0, 0.1) is 0 Å². The molecule has 1 N–H and O–H groups in total. The summed E-state index contributed by atoms with van der Waals surface area (Å²) in [5, 5.41) is 3.79. The molecule has 0 aliphatic carbocycles. The highest BCUT2D eigenvalue weighted by atomic mass is 16.2. The largest absolute Gasteiger partial charge is 0.350 e. The van der Waals surface area contributed by atoms with Crippen LogP contribution in [-0.4, -0.2) is 57.5 Å². The number of benzene rings is 1. The number of anilines is 1. The van der Waals surface area contributed by atoms with E-state index in [1.807, 2.05) is 47.0 Å². The molecule has 3 aromatic rings. The number of carbonyl (C=O) groups excluding carboxylic acids is 2. The molecule has 1 saturated heterocycles. The third-order valence-electron chi connectivity index (χ3n) is 4.89. The van der Waals surface area contributed by atoms with Gasteiger partial charge >= 0.3 is 6.03 Å². The summed E-state index contributed by atoms with van der Waals surface area (Å²) in [5.74, 6) is 0.0131.